The molecular formula is C14H21FN2. The third kappa shape index (κ3) is 2.97. The van der Waals surface area contributed by atoms with Crippen LogP contribution < -0.4 is 10.2 Å². The predicted molar refractivity (Wildman–Crippen MR) is 70.0 cm³/mol. The van der Waals surface area contributed by atoms with Gasteiger partial charge in [-0.05, 0) is 37.1 Å². The summed E-state index contributed by atoms with van der Waals surface area (Å²) in [5.74, 6) is -0.151. The molecule has 2 nitrogen and oxygen atoms in total. The van der Waals surface area contributed by atoms with Gasteiger partial charge in [-0.3, -0.25) is 0 Å². The Morgan fingerprint density at radius 1 is 1.41 bits per heavy atom. The summed E-state index contributed by atoms with van der Waals surface area (Å²) >= 11 is 0. The number of rotatable bonds is 3. The van der Waals surface area contributed by atoms with Crippen molar-refractivity contribution in [2.75, 3.05) is 18.0 Å². The molecule has 1 aliphatic rings. The van der Waals surface area contributed by atoms with E-state index in [0.717, 1.165) is 25.1 Å². The highest BCUT2D eigenvalue weighted by Gasteiger charge is 2.23. The highest BCUT2D eigenvalue weighted by molar-refractivity contribution is 5.54. The largest absolute Gasteiger partial charge is 0.370 e. The number of anilines is 1. The van der Waals surface area contributed by atoms with Crippen LogP contribution in [0.4, 0.5) is 10.1 Å². The molecule has 1 aromatic carbocycles. The lowest BCUT2D eigenvalue weighted by molar-refractivity contribution is 0.492. The quantitative estimate of drug-likeness (QED) is 0.868. The van der Waals surface area contributed by atoms with E-state index >= 15 is 0 Å². The minimum atomic E-state index is -0.151. The van der Waals surface area contributed by atoms with Gasteiger partial charge in [0.2, 0.25) is 0 Å². The predicted octanol–water partition coefficient (Wildman–Crippen LogP) is 2.71. The second-order valence-corrected chi connectivity index (χ2v) is 5.18. The summed E-state index contributed by atoms with van der Waals surface area (Å²) in [6, 6.07) is 6.13. The average molecular weight is 236 g/mol. The molecule has 0 spiro atoms. The zero-order valence-electron chi connectivity index (χ0n) is 10.8. The zero-order chi connectivity index (χ0) is 12.4. The summed E-state index contributed by atoms with van der Waals surface area (Å²) < 4.78 is 13.1. The maximum absolute atomic E-state index is 13.1. The van der Waals surface area contributed by atoms with Crippen molar-refractivity contribution in [3.8, 4) is 0 Å². The summed E-state index contributed by atoms with van der Waals surface area (Å²) in [7, 11) is 0. The van der Waals surface area contributed by atoms with Crippen molar-refractivity contribution in [3.63, 3.8) is 0 Å². The van der Waals surface area contributed by atoms with Gasteiger partial charge in [0, 0.05) is 30.9 Å². The molecule has 94 valence electrons. The van der Waals surface area contributed by atoms with Crippen LogP contribution in [0.2, 0.25) is 0 Å². The average Bonchev–Trinajstić information content (AvgIpc) is 2.65. The van der Waals surface area contributed by atoms with E-state index in [2.05, 4.69) is 24.1 Å². The molecule has 3 heteroatoms. The lowest BCUT2D eigenvalue weighted by Crippen LogP contribution is -2.37. The Balaban J connectivity index is 2.05. The first-order valence-electron chi connectivity index (χ1n) is 6.33. The molecule has 0 aromatic heterocycles. The Labute approximate surface area is 103 Å². The van der Waals surface area contributed by atoms with Crippen LogP contribution in [0.1, 0.15) is 25.8 Å². The van der Waals surface area contributed by atoms with Crippen LogP contribution in [-0.2, 0) is 0 Å². The fourth-order valence-electron chi connectivity index (χ4n) is 2.56. The molecule has 1 N–H and O–H groups in total. The topological polar surface area (TPSA) is 15.3 Å². The van der Waals surface area contributed by atoms with Crippen molar-refractivity contribution < 1.29 is 4.39 Å². The highest BCUT2D eigenvalue weighted by Crippen LogP contribution is 2.24. The lowest BCUT2D eigenvalue weighted by Gasteiger charge is -2.22. The van der Waals surface area contributed by atoms with Gasteiger partial charge in [-0.2, -0.15) is 0 Å². The Morgan fingerprint density at radius 2 is 2.18 bits per heavy atom. The molecular weight excluding hydrogens is 215 g/mol. The molecule has 1 aromatic rings. The highest BCUT2D eigenvalue weighted by atomic mass is 19.1. The van der Waals surface area contributed by atoms with E-state index in [1.165, 1.54) is 5.69 Å². The molecule has 0 aliphatic carbocycles. The number of nitrogens with zero attached hydrogens (tertiary/aromatic N) is 1. The van der Waals surface area contributed by atoms with Crippen molar-refractivity contribution in [2.24, 2.45) is 0 Å². The van der Waals surface area contributed by atoms with E-state index in [-0.39, 0.29) is 5.82 Å². The van der Waals surface area contributed by atoms with Gasteiger partial charge in [-0.1, -0.05) is 13.8 Å². The van der Waals surface area contributed by atoms with Crippen molar-refractivity contribution in [1.29, 1.82) is 0 Å². The molecule has 1 atom stereocenters. The van der Waals surface area contributed by atoms with Gasteiger partial charge in [0.05, 0.1) is 0 Å². The maximum Gasteiger partial charge on any atom is 0.123 e. The molecule has 0 amide bonds. The van der Waals surface area contributed by atoms with Crippen molar-refractivity contribution in [3.05, 3.63) is 29.6 Å². The molecule has 0 saturated carbocycles. The number of hydrogen-bond acceptors (Lipinski definition) is 2. The Kier molecular flexibility index (Phi) is 3.67. The number of benzene rings is 1. The van der Waals surface area contributed by atoms with E-state index in [1.807, 2.05) is 13.0 Å². The maximum atomic E-state index is 13.1. The Hall–Kier alpha value is -1.09. The molecule has 1 unspecified atom stereocenters. The fourth-order valence-corrected chi connectivity index (χ4v) is 2.56. The van der Waals surface area contributed by atoms with Crippen LogP contribution in [0, 0.1) is 12.7 Å². The number of nitrogens with one attached hydrogen (secondary N) is 1. The minimum absolute atomic E-state index is 0.151. The van der Waals surface area contributed by atoms with Crippen molar-refractivity contribution in [2.45, 2.75) is 39.3 Å². The number of aryl methyl sites for hydroxylation is 1. The monoisotopic (exact) mass is 236 g/mol. The van der Waals surface area contributed by atoms with Gasteiger partial charge >= 0.3 is 0 Å². The fraction of sp³-hybridized carbons (Fsp3) is 0.571. The van der Waals surface area contributed by atoms with E-state index < -0.39 is 0 Å². The molecule has 0 radical (unpaired) electrons. The Bertz CT molecular complexity index is 390. The molecule has 1 heterocycles. The smallest absolute Gasteiger partial charge is 0.123 e. The van der Waals surface area contributed by atoms with Crippen LogP contribution in [0.15, 0.2) is 18.2 Å². The molecule has 1 saturated heterocycles. The van der Waals surface area contributed by atoms with Crippen LogP contribution >= 0.6 is 0 Å². The van der Waals surface area contributed by atoms with Crippen molar-refractivity contribution >= 4 is 5.69 Å². The van der Waals surface area contributed by atoms with Gasteiger partial charge in [0.15, 0.2) is 0 Å². The first kappa shape index (κ1) is 12.4. The Morgan fingerprint density at radius 3 is 2.82 bits per heavy atom. The third-order valence-corrected chi connectivity index (χ3v) is 3.26. The molecule has 0 bridgehead atoms. The normalized spacial score (nSPS) is 20.3. The standard InChI is InChI=1S/C14H21FN2/c1-10(2)16-13-6-7-17(9-13)14-5-4-12(15)8-11(14)3/h4-5,8,10,13,16H,6-7,9H2,1-3H3. The summed E-state index contributed by atoms with van der Waals surface area (Å²) in [4.78, 5) is 2.34. The zero-order valence-corrected chi connectivity index (χ0v) is 10.8. The van der Waals surface area contributed by atoms with Gasteiger partial charge < -0.3 is 10.2 Å². The van der Waals surface area contributed by atoms with Gasteiger partial charge in [0.1, 0.15) is 5.82 Å². The van der Waals surface area contributed by atoms with Gasteiger partial charge in [0.25, 0.3) is 0 Å². The minimum Gasteiger partial charge on any atom is -0.370 e. The first-order chi connectivity index (χ1) is 8.06. The van der Waals surface area contributed by atoms with Gasteiger partial charge in [-0.15, -0.1) is 0 Å². The van der Waals surface area contributed by atoms with E-state index in [0.29, 0.717) is 12.1 Å². The molecule has 1 aliphatic heterocycles. The lowest BCUT2D eigenvalue weighted by atomic mass is 10.2. The first-order valence-corrected chi connectivity index (χ1v) is 6.33. The summed E-state index contributed by atoms with van der Waals surface area (Å²) in [5.41, 5.74) is 2.19. The SMILES string of the molecule is Cc1cc(F)ccc1N1CCC(NC(C)C)C1. The van der Waals surface area contributed by atoms with Crippen LogP contribution in [0.5, 0.6) is 0 Å². The van der Waals surface area contributed by atoms with Crippen LogP contribution in [0.25, 0.3) is 0 Å². The summed E-state index contributed by atoms with van der Waals surface area (Å²) in [6.07, 6.45) is 1.16. The van der Waals surface area contributed by atoms with Crippen molar-refractivity contribution in [1.82, 2.24) is 5.32 Å². The number of halogens is 1. The van der Waals surface area contributed by atoms with E-state index in [9.17, 15) is 4.39 Å². The van der Waals surface area contributed by atoms with Crippen LogP contribution in [-0.4, -0.2) is 25.2 Å². The van der Waals surface area contributed by atoms with Gasteiger partial charge in [-0.25, -0.2) is 4.39 Å². The molecule has 2 rings (SSSR count). The van der Waals surface area contributed by atoms with E-state index in [4.69, 9.17) is 0 Å². The number of hydrogen-bond donors (Lipinski definition) is 1. The molecule has 1 fully saturated rings. The summed E-state index contributed by atoms with van der Waals surface area (Å²) in [6.45, 7) is 8.39. The van der Waals surface area contributed by atoms with E-state index in [1.54, 1.807) is 12.1 Å². The molecule has 17 heavy (non-hydrogen) atoms. The summed E-state index contributed by atoms with van der Waals surface area (Å²) in [5, 5.41) is 3.56. The van der Waals surface area contributed by atoms with Crippen LogP contribution in [0.3, 0.4) is 0 Å². The third-order valence-electron chi connectivity index (χ3n) is 3.26. The second-order valence-electron chi connectivity index (χ2n) is 5.18. The second kappa shape index (κ2) is 5.05.